The van der Waals surface area contributed by atoms with Crippen LogP contribution in [0, 0.1) is 0 Å². The van der Waals surface area contributed by atoms with Gasteiger partial charge in [-0.15, -0.1) is 0 Å². The lowest BCUT2D eigenvalue weighted by atomic mass is 10.1. The Morgan fingerprint density at radius 2 is 2.17 bits per heavy atom. The number of aliphatic hydroxyl groups excluding tert-OH is 1. The average molecular weight is 242 g/mol. The van der Waals surface area contributed by atoms with Crippen LogP contribution in [0.1, 0.15) is 11.4 Å². The topological polar surface area (TPSA) is 55.9 Å². The van der Waals surface area contributed by atoms with Crippen LogP contribution in [-0.4, -0.2) is 24.4 Å². The molecule has 5 heteroatoms. The predicted molar refractivity (Wildman–Crippen MR) is 68.0 cm³/mol. The number of para-hydroxylation sites is 1. The highest BCUT2D eigenvalue weighted by Crippen LogP contribution is 2.21. The van der Waals surface area contributed by atoms with Crippen molar-refractivity contribution in [3.05, 3.63) is 48.2 Å². The van der Waals surface area contributed by atoms with E-state index in [1.165, 1.54) is 0 Å². The minimum Gasteiger partial charge on any atom is -0.392 e. The maximum Gasteiger partial charge on any atom is 0.146 e. The Balaban J connectivity index is 2.10. The molecule has 0 aliphatic heterocycles. The molecule has 0 bridgehead atoms. The lowest BCUT2D eigenvalue weighted by molar-refractivity contribution is 0.283. The molecular formula is C13H14N4O. The highest BCUT2D eigenvalue weighted by atomic mass is 16.3. The van der Waals surface area contributed by atoms with Crippen molar-refractivity contribution < 1.29 is 5.11 Å². The molecule has 0 atom stereocenters. The van der Waals surface area contributed by atoms with Crippen molar-refractivity contribution in [2.24, 2.45) is 7.05 Å². The van der Waals surface area contributed by atoms with E-state index in [0.717, 1.165) is 22.3 Å². The van der Waals surface area contributed by atoms with E-state index < -0.39 is 0 Å². The van der Waals surface area contributed by atoms with Crippen molar-refractivity contribution in [2.45, 2.75) is 13.2 Å². The fourth-order valence-corrected chi connectivity index (χ4v) is 2.22. The van der Waals surface area contributed by atoms with Gasteiger partial charge < -0.3 is 9.67 Å². The third-order valence-electron chi connectivity index (χ3n) is 3.16. The van der Waals surface area contributed by atoms with Crippen LogP contribution in [0.4, 0.5) is 0 Å². The first kappa shape index (κ1) is 11.0. The van der Waals surface area contributed by atoms with Gasteiger partial charge in [-0.05, 0) is 11.5 Å². The third kappa shape index (κ3) is 1.69. The van der Waals surface area contributed by atoms with E-state index in [9.17, 15) is 5.11 Å². The van der Waals surface area contributed by atoms with E-state index in [1.54, 1.807) is 11.0 Å². The van der Waals surface area contributed by atoms with Crippen LogP contribution in [0.5, 0.6) is 0 Å². The minimum atomic E-state index is 0.0418. The van der Waals surface area contributed by atoms with E-state index in [0.29, 0.717) is 6.54 Å². The van der Waals surface area contributed by atoms with Gasteiger partial charge in [0.2, 0.25) is 0 Å². The average Bonchev–Trinajstić information content (AvgIpc) is 2.97. The van der Waals surface area contributed by atoms with Crippen LogP contribution in [0.2, 0.25) is 0 Å². The molecule has 92 valence electrons. The number of aliphatic hydroxyl groups is 1. The van der Waals surface area contributed by atoms with Crippen LogP contribution in [0.25, 0.3) is 10.9 Å². The summed E-state index contributed by atoms with van der Waals surface area (Å²) in [4.78, 5) is 4.22. The zero-order valence-electron chi connectivity index (χ0n) is 10.1. The largest absolute Gasteiger partial charge is 0.392 e. The smallest absolute Gasteiger partial charge is 0.146 e. The van der Waals surface area contributed by atoms with Gasteiger partial charge in [0.05, 0.1) is 18.7 Å². The summed E-state index contributed by atoms with van der Waals surface area (Å²) in [5.41, 5.74) is 1.99. The van der Waals surface area contributed by atoms with Gasteiger partial charge in [-0.2, -0.15) is 5.10 Å². The first-order chi connectivity index (χ1) is 8.79. The summed E-state index contributed by atoms with van der Waals surface area (Å²) in [6.07, 6.45) is 3.56. The minimum absolute atomic E-state index is 0.0418. The number of aromatic nitrogens is 4. The van der Waals surface area contributed by atoms with Crippen LogP contribution < -0.4 is 0 Å². The Morgan fingerprint density at radius 1 is 1.28 bits per heavy atom. The quantitative estimate of drug-likeness (QED) is 0.753. The van der Waals surface area contributed by atoms with Gasteiger partial charge in [-0.1, -0.05) is 18.2 Å². The fourth-order valence-electron chi connectivity index (χ4n) is 2.22. The van der Waals surface area contributed by atoms with Crippen molar-refractivity contribution in [3.8, 4) is 0 Å². The van der Waals surface area contributed by atoms with Crippen molar-refractivity contribution in [1.29, 1.82) is 0 Å². The Labute approximate surface area is 104 Å². The van der Waals surface area contributed by atoms with Crippen LogP contribution >= 0.6 is 0 Å². The summed E-state index contributed by atoms with van der Waals surface area (Å²) in [6, 6.07) is 7.99. The van der Waals surface area contributed by atoms with Gasteiger partial charge in [0.15, 0.2) is 0 Å². The first-order valence-corrected chi connectivity index (χ1v) is 5.80. The number of aryl methyl sites for hydroxylation is 1. The molecule has 0 aliphatic carbocycles. The molecule has 3 aromatic rings. The van der Waals surface area contributed by atoms with E-state index in [1.807, 2.05) is 37.5 Å². The van der Waals surface area contributed by atoms with E-state index in [2.05, 4.69) is 14.6 Å². The highest BCUT2D eigenvalue weighted by molar-refractivity contribution is 5.83. The first-order valence-electron chi connectivity index (χ1n) is 5.80. The van der Waals surface area contributed by atoms with Gasteiger partial charge in [0.25, 0.3) is 0 Å². The lowest BCUT2D eigenvalue weighted by Crippen LogP contribution is -2.06. The fraction of sp³-hybridized carbons (Fsp3) is 0.231. The molecule has 5 nitrogen and oxygen atoms in total. The molecule has 3 rings (SSSR count). The van der Waals surface area contributed by atoms with Gasteiger partial charge in [0, 0.05) is 18.8 Å². The Hall–Kier alpha value is -2.14. The summed E-state index contributed by atoms with van der Waals surface area (Å²) in [5.74, 6) is 0.889. The molecule has 0 unspecified atom stereocenters. The van der Waals surface area contributed by atoms with Crippen LogP contribution in [-0.2, 0) is 20.2 Å². The summed E-state index contributed by atoms with van der Waals surface area (Å²) in [5, 5.41) is 14.6. The van der Waals surface area contributed by atoms with Crippen molar-refractivity contribution in [3.63, 3.8) is 0 Å². The van der Waals surface area contributed by atoms with E-state index in [-0.39, 0.29) is 6.61 Å². The molecule has 0 radical (unpaired) electrons. The van der Waals surface area contributed by atoms with Crippen molar-refractivity contribution in [2.75, 3.05) is 0 Å². The molecule has 2 aromatic heterocycles. The highest BCUT2D eigenvalue weighted by Gasteiger charge is 2.08. The SMILES string of the molecule is Cn1ncnc1Cn1ccc2cccc(CO)c21. The van der Waals surface area contributed by atoms with Gasteiger partial charge >= 0.3 is 0 Å². The molecule has 0 saturated carbocycles. The molecule has 0 aliphatic rings. The summed E-state index contributed by atoms with van der Waals surface area (Å²) < 4.78 is 3.85. The number of benzene rings is 1. The molecule has 2 heterocycles. The number of rotatable bonds is 3. The number of hydrogen-bond donors (Lipinski definition) is 1. The zero-order valence-corrected chi connectivity index (χ0v) is 10.1. The molecule has 0 fully saturated rings. The van der Waals surface area contributed by atoms with Gasteiger partial charge in [-0.25, -0.2) is 4.98 Å². The monoisotopic (exact) mass is 242 g/mol. The Morgan fingerprint density at radius 3 is 2.89 bits per heavy atom. The van der Waals surface area contributed by atoms with Crippen LogP contribution in [0.3, 0.4) is 0 Å². The van der Waals surface area contributed by atoms with Crippen LogP contribution in [0.15, 0.2) is 36.8 Å². The Kier molecular flexibility index (Phi) is 2.60. The molecule has 0 spiro atoms. The maximum atomic E-state index is 9.41. The standard InChI is InChI=1S/C13H14N4O/c1-16-12(14-9-15-16)7-17-6-5-10-3-2-4-11(8-18)13(10)17/h2-6,9,18H,7-8H2,1H3. The number of nitrogens with zero attached hydrogens (tertiary/aromatic N) is 4. The predicted octanol–water partition coefficient (Wildman–Crippen LogP) is 1.31. The molecule has 18 heavy (non-hydrogen) atoms. The van der Waals surface area contributed by atoms with Gasteiger partial charge in [0.1, 0.15) is 12.2 Å². The Bertz CT molecular complexity index is 683. The van der Waals surface area contributed by atoms with E-state index in [4.69, 9.17) is 0 Å². The normalized spacial score (nSPS) is 11.2. The zero-order chi connectivity index (χ0) is 12.5. The third-order valence-corrected chi connectivity index (χ3v) is 3.16. The summed E-state index contributed by atoms with van der Waals surface area (Å²) >= 11 is 0. The summed E-state index contributed by atoms with van der Waals surface area (Å²) in [6.45, 7) is 0.692. The molecule has 1 N–H and O–H groups in total. The molecule has 0 saturated heterocycles. The van der Waals surface area contributed by atoms with Crippen molar-refractivity contribution in [1.82, 2.24) is 19.3 Å². The van der Waals surface area contributed by atoms with E-state index >= 15 is 0 Å². The van der Waals surface area contributed by atoms with Crippen molar-refractivity contribution >= 4 is 10.9 Å². The molecule has 0 amide bonds. The second-order valence-electron chi connectivity index (χ2n) is 4.26. The molecule has 1 aromatic carbocycles. The second kappa shape index (κ2) is 4.27. The molecular weight excluding hydrogens is 228 g/mol. The van der Waals surface area contributed by atoms with Gasteiger partial charge in [-0.3, -0.25) is 4.68 Å². The number of hydrogen-bond acceptors (Lipinski definition) is 3. The summed E-state index contributed by atoms with van der Waals surface area (Å²) in [7, 11) is 1.88. The number of fused-ring (bicyclic) bond motifs is 1. The maximum absolute atomic E-state index is 9.41. The second-order valence-corrected chi connectivity index (χ2v) is 4.26. The lowest BCUT2D eigenvalue weighted by Gasteiger charge is -2.07.